The van der Waals surface area contributed by atoms with Crippen molar-refractivity contribution in [2.75, 3.05) is 0 Å². The number of aromatic nitrogens is 3. The van der Waals surface area contributed by atoms with E-state index in [1.165, 1.54) is 0 Å². The lowest BCUT2D eigenvalue weighted by Crippen LogP contribution is -1.69. The van der Waals surface area contributed by atoms with Crippen LogP contribution in [0.2, 0.25) is 1.41 Å². The average molecular weight is 120 g/mol. The van der Waals surface area contributed by atoms with Gasteiger partial charge in [-0.05, 0) is 12.1 Å². The van der Waals surface area contributed by atoms with Crippen molar-refractivity contribution in [3.63, 3.8) is 0 Å². The zero-order valence-corrected chi connectivity index (χ0v) is 4.65. The lowest BCUT2D eigenvalue weighted by atomic mass is 10.4. The van der Waals surface area contributed by atoms with Gasteiger partial charge in [0.1, 0.15) is 11.0 Å². The smallest absolute Gasteiger partial charge is 0.189 e. The average Bonchev–Trinajstić information content (AvgIpc) is 2.27. The normalized spacial score (nSPS) is 11.8. The summed E-state index contributed by atoms with van der Waals surface area (Å²) in [5.74, 6) is 0. The highest BCUT2D eigenvalue weighted by atomic mass is 15.1. The third kappa shape index (κ3) is 0.579. The van der Waals surface area contributed by atoms with Gasteiger partial charge in [0.25, 0.3) is 0 Å². The van der Waals surface area contributed by atoms with E-state index < -0.39 is 0 Å². The second kappa shape index (κ2) is 1.55. The highest BCUT2D eigenvalue weighted by Gasteiger charge is 1.90. The highest BCUT2D eigenvalue weighted by Crippen LogP contribution is 2.02. The van der Waals surface area contributed by atoms with Crippen molar-refractivity contribution in [1.82, 2.24) is 15.2 Å². The number of nitrogens with zero attached hydrogens (tertiary/aromatic N) is 2. The summed E-state index contributed by atoms with van der Waals surface area (Å²) in [5.41, 5.74) is 1.52. The van der Waals surface area contributed by atoms with Crippen LogP contribution in [0.5, 0.6) is 0 Å². The number of H-pyrrole nitrogens is 1. The molecule has 2 rings (SSSR count). The van der Waals surface area contributed by atoms with Crippen molar-refractivity contribution in [2.45, 2.75) is 0 Å². The molecule has 0 fully saturated rings. The molecule has 3 nitrogen and oxygen atoms in total. The molecule has 2 heterocycles. The summed E-state index contributed by atoms with van der Waals surface area (Å²) in [5, 5.41) is 4.85. The Morgan fingerprint density at radius 3 is 3.44 bits per heavy atom. The predicted octanol–water partition coefficient (Wildman–Crippen LogP) is 0.958. The van der Waals surface area contributed by atoms with Gasteiger partial charge in [0, 0.05) is 12.4 Å². The molecule has 0 bridgehead atoms. The van der Waals surface area contributed by atoms with E-state index in [0.717, 1.165) is 16.1 Å². The van der Waals surface area contributed by atoms with Crippen LogP contribution >= 0.6 is 0 Å². The molecular weight excluding hydrogens is 114 g/mol. The molecule has 0 saturated carbocycles. The molecule has 2 aromatic rings. The van der Waals surface area contributed by atoms with Crippen molar-refractivity contribution >= 4 is 11.0 Å². The third-order valence-electron chi connectivity index (χ3n) is 1.16. The third-order valence-corrected chi connectivity index (χ3v) is 1.16. The summed E-state index contributed by atoms with van der Waals surface area (Å²) in [6, 6.07) is 3.63. The lowest BCUT2D eigenvalue weighted by molar-refractivity contribution is 1.12. The van der Waals surface area contributed by atoms with Gasteiger partial charge < -0.3 is 0 Å². The maximum absolute atomic E-state index is 7.09. The quantitative estimate of drug-likeness (QED) is 0.562. The first-order valence-corrected chi connectivity index (χ1v) is 2.66. The molecule has 0 radical (unpaired) electrons. The molecule has 0 aromatic carbocycles. The number of fused-ring (bicyclic) bond motifs is 1. The van der Waals surface area contributed by atoms with Crippen LogP contribution in [0.4, 0.5) is 0 Å². The Labute approximate surface area is 53.2 Å². The van der Waals surface area contributed by atoms with E-state index in [1.54, 1.807) is 18.5 Å². The van der Waals surface area contributed by atoms with Crippen molar-refractivity contribution in [3.05, 3.63) is 24.5 Å². The molecule has 1 N–H and O–H groups in total. The molecule has 2 aromatic heterocycles. The molecule has 9 heavy (non-hydrogen) atoms. The number of hydrogen-bond donors (Lipinski definition) is 1. The fourth-order valence-electron chi connectivity index (χ4n) is 0.739. The number of pyridine rings is 1. The maximum Gasteiger partial charge on any atom is 0.189 e. The summed E-state index contributed by atoms with van der Waals surface area (Å²) in [4.78, 5) is 4.00. The fourth-order valence-corrected chi connectivity index (χ4v) is 0.739. The topological polar surface area (TPSA) is 41.6 Å². The second-order valence-corrected chi connectivity index (χ2v) is 1.75. The van der Waals surface area contributed by atoms with E-state index in [4.69, 9.17) is 1.41 Å². The highest BCUT2D eigenvalue weighted by molar-refractivity contribution is 5.72. The number of rotatable bonds is 0. The second-order valence-electron chi connectivity index (χ2n) is 1.75. The van der Waals surface area contributed by atoms with E-state index in [1.807, 2.05) is 6.07 Å². The van der Waals surface area contributed by atoms with Gasteiger partial charge in [-0.2, -0.15) is 5.10 Å². The molecule has 0 aliphatic heterocycles. The summed E-state index contributed by atoms with van der Waals surface area (Å²) < 4.78 is 7.09. The molecule has 0 aliphatic rings. The van der Waals surface area contributed by atoms with Gasteiger partial charge in [-0.3, -0.25) is 10.1 Å². The molecule has 44 valence electrons. The number of aromatic amines is 1. The number of hydrogen-bond acceptors (Lipinski definition) is 2. The number of nitrogens with one attached hydrogen (secondary N) is 1. The molecule has 0 saturated heterocycles. The van der Waals surface area contributed by atoms with Crippen LogP contribution in [0.15, 0.2) is 24.5 Å². The Hall–Kier alpha value is -1.38. The Kier molecular flexibility index (Phi) is 0.621. The van der Waals surface area contributed by atoms with Crippen LogP contribution in [0.3, 0.4) is 0 Å². The van der Waals surface area contributed by atoms with Crippen molar-refractivity contribution in [3.8, 4) is 0 Å². The molecular formula is C6H5N3. The van der Waals surface area contributed by atoms with Gasteiger partial charge in [-0.15, -0.1) is 0 Å². The van der Waals surface area contributed by atoms with E-state index in [2.05, 4.69) is 10.1 Å². The lowest BCUT2D eigenvalue weighted by Gasteiger charge is -1.79. The molecule has 0 amide bonds. The summed E-state index contributed by atoms with van der Waals surface area (Å²) in [6.07, 6.45) is 3.25. The fraction of sp³-hybridized carbons (Fsp3) is 0. The van der Waals surface area contributed by atoms with Crippen molar-refractivity contribution < 1.29 is 1.41 Å². The molecule has 0 atom stereocenters. The molecule has 0 unspecified atom stereocenters. The van der Waals surface area contributed by atoms with Gasteiger partial charge in [0.15, 0.2) is 1.41 Å². The molecule has 0 aliphatic carbocycles. The first-order chi connectivity index (χ1) is 4.86. The van der Waals surface area contributed by atoms with Gasteiger partial charge in [0.2, 0.25) is 0 Å². The summed E-state index contributed by atoms with van der Waals surface area (Å²) >= 11 is 0. The van der Waals surface area contributed by atoms with Gasteiger partial charge in [-0.1, -0.05) is 0 Å². The Bertz CT molecular complexity index is 322. The van der Waals surface area contributed by atoms with E-state index in [0.29, 0.717) is 0 Å². The van der Waals surface area contributed by atoms with Gasteiger partial charge in [0.05, 0.1) is 0 Å². The first kappa shape index (κ1) is 3.61. The Morgan fingerprint density at radius 1 is 1.56 bits per heavy atom. The Balaban J connectivity index is 2.88. The Morgan fingerprint density at radius 2 is 2.56 bits per heavy atom. The minimum atomic E-state index is 0.762. The van der Waals surface area contributed by atoms with E-state index in [9.17, 15) is 0 Å². The van der Waals surface area contributed by atoms with Crippen LogP contribution < -0.4 is 0 Å². The van der Waals surface area contributed by atoms with Gasteiger partial charge in [-0.25, -0.2) is 0 Å². The minimum Gasteiger partial charge on any atom is -0.283 e. The van der Waals surface area contributed by atoms with Crippen LogP contribution in [0.1, 0.15) is 0 Å². The standard InChI is InChI=1S/C6H5N3/c1-2-5-6(7-3-1)4-8-9-5/h1-4H,(H,8,9)/i/hD. The zero-order chi connectivity index (χ0) is 6.97. The SMILES string of the molecule is [2H]n1cc2ncccc2n1. The molecule has 3 heteroatoms. The molecule has 0 spiro atoms. The van der Waals surface area contributed by atoms with Crippen LogP contribution in [-0.4, -0.2) is 15.2 Å². The van der Waals surface area contributed by atoms with Crippen molar-refractivity contribution in [2.24, 2.45) is 0 Å². The van der Waals surface area contributed by atoms with E-state index >= 15 is 0 Å². The first-order valence-electron chi connectivity index (χ1n) is 3.10. The maximum atomic E-state index is 7.09. The predicted molar refractivity (Wildman–Crippen MR) is 33.9 cm³/mol. The van der Waals surface area contributed by atoms with Crippen LogP contribution in [-0.2, 0) is 0 Å². The monoisotopic (exact) mass is 120 g/mol. The zero-order valence-electron chi connectivity index (χ0n) is 5.65. The van der Waals surface area contributed by atoms with Gasteiger partial charge >= 0.3 is 0 Å². The summed E-state index contributed by atoms with van der Waals surface area (Å²) in [7, 11) is 0. The van der Waals surface area contributed by atoms with Crippen LogP contribution in [0.25, 0.3) is 11.0 Å². The summed E-state index contributed by atoms with van der Waals surface area (Å²) in [6.45, 7) is 0. The van der Waals surface area contributed by atoms with Crippen LogP contribution in [0, 0.1) is 0 Å². The largest absolute Gasteiger partial charge is 0.283 e. The van der Waals surface area contributed by atoms with Crippen molar-refractivity contribution in [1.29, 1.82) is 0 Å². The van der Waals surface area contributed by atoms with E-state index in [-0.39, 0.29) is 0 Å². The minimum absolute atomic E-state index is 0.762.